The molecular formula is C19H20N6O3. The number of benzene rings is 1. The van der Waals surface area contributed by atoms with Crippen LogP contribution in [0.3, 0.4) is 0 Å². The SMILES string of the molecule is Cc1cc(=O)[nH]c(-n2nc(C)cc2NC(=O)C(=O)NCCc2ccccc2)n1. The Kier molecular flexibility index (Phi) is 5.64. The van der Waals surface area contributed by atoms with Crippen LogP contribution in [0.4, 0.5) is 5.82 Å². The smallest absolute Gasteiger partial charge is 0.314 e. The van der Waals surface area contributed by atoms with Gasteiger partial charge in [-0.3, -0.25) is 19.4 Å². The maximum atomic E-state index is 12.2. The van der Waals surface area contributed by atoms with Gasteiger partial charge in [0, 0.05) is 24.4 Å². The highest BCUT2D eigenvalue weighted by Crippen LogP contribution is 2.13. The van der Waals surface area contributed by atoms with Gasteiger partial charge in [-0.1, -0.05) is 30.3 Å². The van der Waals surface area contributed by atoms with Gasteiger partial charge in [0.2, 0.25) is 5.95 Å². The van der Waals surface area contributed by atoms with Crippen molar-refractivity contribution in [3.05, 3.63) is 69.8 Å². The number of hydrogen-bond acceptors (Lipinski definition) is 5. The molecule has 3 N–H and O–H groups in total. The van der Waals surface area contributed by atoms with Gasteiger partial charge in [-0.25, -0.2) is 4.98 Å². The van der Waals surface area contributed by atoms with Crippen LogP contribution in [0, 0.1) is 13.8 Å². The first-order chi connectivity index (χ1) is 13.4. The van der Waals surface area contributed by atoms with Crippen molar-refractivity contribution in [2.75, 3.05) is 11.9 Å². The second-order valence-electron chi connectivity index (χ2n) is 6.24. The quantitative estimate of drug-likeness (QED) is 0.567. The highest BCUT2D eigenvalue weighted by molar-refractivity contribution is 6.39. The van der Waals surface area contributed by atoms with Crippen LogP contribution in [-0.2, 0) is 16.0 Å². The van der Waals surface area contributed by atoms with Gasteiger partial charge < -0.3 is 10.6 Å². The first-order valence-electron chi connectivity index (χ1n) is 8.70. The number of aromatic nitrogens is 4. The van der Waals surface area contributed by atoms with Crippen LogP contribution in [-0.4, -0.2) is 38.1 Å². The van der Waals surface area contributed by atoms with Crippen molar-refractivity contribution in [3.63, 3.8) is 0 Å². The summed E-state index contributed by atoms with van der Waals surface area (Å²) in [6.45, 7) is 3.73. The van der Waals surface area contributed by atoms with Gasteiger partial charge in [0.25, 0.3) is 5.56 Å². The predicted octanol–water partition coefficient (Wildman–Crippen LogP) is 0.870. The Labute approximate surface area is 160 Å². The van der Waals surface area contributed by atoms with Crippen molar-refractivity contribution in [3.8, 4) is 5.95 Å². The summed E-state index contributed by atoms with van der Waals surface area (Å²) in [4.78, 5) is 42.7. The Morgan fingerprint density at radius 3 is 2.54 bits per heavy atom. The first-order valence-corrected chi connectivity index (χ1v) is 8.70. The summed E-state index contributed by atoms with van der Waals surface area (Å²) in [6, 6.07) is 12.6. The van der Waals surface area contributed by atoms with Gasteiger partial charge in [0.1, 0.15) is 5.82 Å². The molecule has 0 saturated carbocycles. The molecule has 0 aliphatic rings. The van der Waals surface area contributed by atoms with Crippen LogP contribution in [0.25, 0.3) is 5.95 Å². The highest BCUT2D eigenvalue weighted by atomic mass is 16.2. The van der Waals surface area contributed by atoms with E-state index < -0.39 is 11.8 Å². The largest absolute Gasteiger partial charge is 0.347 e. The van der Waals surface area contributed by atoms with Crippen LogP contribution in [0.15, 0.2) is 47.3 Å². The molecule has 0 aliphatic heterocycles. The molecule has 144 valence electrons. The Bertz CT molecular complexity index is 1060. The summed E-state index contributed by atoms with van der Waals surface area (Å²) >= 11 is 0. The third kappa shape index (κ3) is 4.70. The molecule has 0 aliphatic carbocycles. The summed E-state index contributed by atoms with van der Waals surface area (Å²) in [6.07, 6.45) is 0.616. The Morgan fingerprint density at radius 2 is 1.82 bits per heavy atom. The molecule has 0 bridgehead atoms. The molecule has 0 saturated heterocycles. The molecule has 9 nitrogen and oxygen atoms in total. The fraction of sp³-hybridized carbons (Fsp3) is 0.211. The highest BCUT2D eigenvalue weighted by Gasteiger charge is 2.18. The van der Waals surface area contributed by atoms with Gasteiger partial charge in [0.05, 0.1) is 5.69 Å². The maximum Gasteiger partial charge on any atom is 0.314 e. The van der Waals surface area contributed by atoms with E-state index in [0.717, 1.165) is 5.56 Å². The van der Waals surface area contributed by atoms with Crippen LogP contribution < -0.4 is 16.2 Å². The van der Waals surface area contributed by atoms with Crippen molar-refractivity contribution >= 4 is 17.6 Å². The summed E-state index contributed by atoms with van der Waals surface area (Å²) in [5.41, 5.74) is 1.81. The number of carbonyl (C=O) groups is 2. The zero-order chi connectivity index (χ0) is 20.1. The van der Waals surface area contributed by atoms with E-state index in [4.69, 9.17) is 0 Å². The molecular weight excluding hydrogens is 360 g/mol. The average molecular weight is 380 g/mol. The van der Waals surface area contributed by atoms with Gasteiger partial charge in [-0.15, -0.1) is 0 Å². The number of hydrogen-bond donors (Lipinski definition) is 3. The molecule has 0 radical (unpaired) electrons. The van der Waals surface area contributed by atoms with Crippen LogP contribution in [0.5, 0.6) is 0 Å². The molecule has 0 unspecified atom stereocenters. The number of aryl methyl sites for hydroxylation is 2. The van der Waals surface area contributed by atoms with Crippen LogP contribution in [0.2, 0.25) is 0 Å². The third-order valence-corrected chi connectivity index (χ3v) is 3.88. The van der Waals surface area contributed by atoms with Crippen LogP contribution in [0.1, 0.15) is 17.0 Å². The van der Waals surface area contributed by atoms with E-state index in [1.54, 1.807) is 19.9 Å². The van der Waals surface area contributed by atoms with Gasteiger partial charge in [-0.2, -0.15) is 9.78 Å². The number of carbonyl (C=O) groups excluding carboxylic acids is 2. The first kappa shape index (κ1) is 19.0. The van der Waals surface area contributed by atoms with Crippen LogP contribution >= 0.6 is 0 Å². The molecule has 3 rings (SSSR count). The number of H-pyrrole nitrogens is 1. The molecule has 9 heteroatoms. The number of rotatable bonds is 5. The molecule has 2 amide bonds. The number of amides is 2. The van der Waals surface area contributed by atoms with E-state index >= 15 is 0 Å². The topological polar surface area (TPSA) is 122 Å². The van der Waals surface area contributed by atoms with E-state index in [1.807, 2.05) is 30.3 Å². The molecule has 2 aromatic heterocycles. The lowest BCUT2D eigenvalue weighted by molar-refractivity contribution is -0.136. The Balaban J connectivity index is 1.67. The zero-order valence-corrected chi connectivity index (χ0v) is 15.5. The van der Waals surface area contributed by atoms with Crippen molar-refractivity contribution < 1.29 is 9.59 Å². The zero-order valence-electron chi connectivity index (χ0n) is 15.5. The minimum absolute atomic E-state index is 0.151. The molecule has 0 spiro atoms. The standard InChI is InChI=1S/C19H20N6O3/c1-12-11-16(26)23-19(21-12)25-15(10-13(2)24-25)22-18(28)17(27)20-9-8-14-6-4-3-5-7-14/h3-7,10-11H,8-9H2,1-2H3,(H,20,27)(H,22,28)(H,21,23,26). The van der Waals surface area contributed by atoms with Crippen molar-refractivity contribution in [2.45, 2.75) is 20.3 Å². The maximum absolute atomic E-state index is 12.2. The molecule has 28 heavy (non-hydrogen) atoms. The average Bonchev–Trinajstić information content (AvgIpc) is 3.02. The van der Waals surface area contributed by atoms with E-state index in [2.05, 4.69) is 25.7 Å². The summed E-state index contributed by atoms with van der Waals surface area (Å²) < 4.78 is 1.28. The lowest BCUT2D eigenvalue weighted by Crippen LogP contribution is -2.37. The molecule has 0 atom stereocenters. The molecule has 3 aromatic rings. The lowest BCUT2D eigenvalue weighted by atomic mass is 10.1. The second kappa shape index (κ2) is 8.30. The second-order valence-corrected chi connectivity index (χ2v) is 6.24. The van der Waals surface area contributed by atoms with E-state index in [9.17, 15) is 14.4 Å². The Morgan fingerprint density at radius 1 is 1.07 bits per heavy atom. The Hall–Kier alpha value is -3.75. The third-order valence-electron chi connectivity index (χ3n) is 3.88. The van der Waals surface area contributed by atoms with Crippen molar-refractivity contribution in [1.82, 2.24) is 25.1 Å². The fourth-order valence-electron chi connectivity index (χ4n) is 2.63. The van der Waals surface area contributed by atoms with Gasteiger partial charge >= 0.3 is 11.8 Å². The molecule has 0 fully saturated rings. The van der Waals surface area contributed by atoms with E-state index in [-0.39, 0.29) is 17.3 Å². The monoisotopic (exact) mass is 380 g/mol. The minimum Gasteiger partial charge on any atom is -0.347 e. The van der Waals surface area contributed by atoms with E-state index in [1.165, 1.54) is 10.7 Å². The van der Waals surface area contributed by atoms with E-state index in [0.29, 0.717) is 24.4 Å². The predicted molar refractivity (Wildman–Crippen MR) is 103 cm³/mol. The summed E-state index contributed by atoms with van der Waals surface area (Å²) in [7, 11) is 0. The minimum atomic E-state index is -0.829. The number of nitrogens with one attached hydrogen (secondary N) is 3. The summed E-state index contributed by atoms with van der Waals surface area (Å²) in [5.74, 6) is -1.21. The normalized spacial score (nSPS) is 10.5. The fourth-order valence-corrected chi connectivity index (χ4v) is 2.63. The molecule has 1 aromatic carbocycles. The number of anilines is 1. The molecule has 2 heterocycles. The van der Waals surface area contributed by atoms with Gasteiger partial charge in [-0.05, 0) is 25.8 Å². The van der Waals surface area contributed by atoms with Crippen molar-refractivity contribution in [1.29, 1.82) is 0 Å². The lowest BCUT2D eigenvalue weighted by Gasteiger charge is -2.09. The summed E-state index contributed by atoms with van der Waals surface area (Å²) in [5, 5.41) is 9.30. The van der Waals surface area contributed by atoms with Crippen molar-refractivity contribution in [2.24, 2.45) is 0 Å². The number of nitrogens with zero attached hydrogens (tertiary/aromatic N) is 3. The number of aromatic amines is 1. The van der Waals surface area contributed by atoms with Gasteiger partial charge in [0.15, 0.2) is 0 Å².